The van der Waals surface area contributed by atoms with Crippen LogP contribution in [0, 0.1) is 11.6 Å². The van der Waals surface area contributed by atoms with Crippen molar-refractivity contribution >= 4 is 15.9 Å². The fourth-order valence-electron chi connectivity index (χ4n) is 2.01. The molecule has 106 valence electrons. The molecule has 2 unspecified atom stereocenters. The highest BCUT2D eigenvalue weighted by molar-refractivity contribution is 9.10. The zero-order chi connectivity index (χ0) is 13.8. The third kappa shape index (κ3) is 3.49. The maximum Gasteiger partial charge on any atom is 0.143 e. The molecule has 1 heterocycles. The molecule has 0 saturated carbocycles. The van der Waals surface area contributed by atoms with E-state index in [1.165, 1.54) is 12.1 Å². The van der Waals surface area contributed by atoms with Crippen LogP contribution in [-0.4, -0.2) is 32.0 Å². The van der Waals surface area contributed by atoms with Crippen molar-refractivity contribution in [2.24, 2.45) is 5.84 Å². The molecule has 2 atom stereocenters. The van der Waals surface area contributed by atoms with E-state index in [1.54, 1.807) is 0 Å². The molecule has 1 saturated heterocycles. The molecule has 1 aromatic carbocycles. The van der Waals surface area contributed by atoms with Crippen molar-refractivity contribution in [1.29, 1.82) is 0 Å². The van der Waals surface area contributed by atoms with E-state index in [-0.39, 0.29) is 22.6 Å². The van der Waals surface area contributed by atoms with Gasteiger partial charge in [-0.1, -0.05) is 0 Å². The fraction of sp³-hybridized carbons (Fsp3) is 0.500. The van der Waals surface area contributed by atoms with Crippen molar-refractivity contribution in [1.82, 2.24) is 5.43 Å². The maximum atomic E-state index is 13.9. The molecular weight excluding hydrogens is 322 g/mol. The van der Waals surface area contributed by atoms with Crippen molar-refractivity contribution in [2.75, 3.05) is 19.8 Å². The van der Waals surface area contributed by atoms with E-state index in [1.807, 2.05) is 0 Å². The van der Waals surface area contributed by atoms with Crippen molar-refractivity contribution in [2.45, 2.75) is 18.6 Å². The minimum Gasteiger partial charge on any atom is -0.376 e. The molecule has 4 nitrogen and oxygen atoms in total. The molecule has 0 aliphatic carbocycles. The second-order valence-electron chi connectivity index (χ2n) is 4.28. The van der Waals surface area contributed by atoms with Crippen LogP contribution >= 0.6 is 15.9 Å². The van der Waals surface area contributed by atoms with E-state index in [0.29, 0.717) is 19.8 Å². The Morgan fingerprint density at radius 3 is 2.84 bits per heavy atom. The molecule has 1 fully saturated rings. The monoisotopic (exact) mass is 336 g/mol. The summed E-state index contributed by atoms with van der Waals surface area (Å²) in [7, 11) is 0. The SMILES string of the molecule is NNC(Cc1c(F)ccc(Br)c1F)C1COCCO1. The summed E-state index contributed by atoms with van der Waals surface area (Å²) in [6, 6.07) is 2.13. The third-order valence-electron chi connectivity index (χ3n) is 3.07. The normalized spacial score (nSPS) is 21.4. The summed E-state index contributed by atoms with van der Waals surface area (Å²) in [6.45, 7) is 1.33. The van der Waals surface area contributed by atoms with Crippen LogP contribution in [0.1, 0.15) is 5.56 Å². The Hall–Kier alpha value is -0.600. The molecule has 1 aliphatic rings. The average Bonchev–Trinajstić information content (AvgIpc) is 2.44. The molecule has 3 N–H and O–H groups in total. The Morgan fingerprint density at radius 1 is 1.42 bits per heavy atom. The average molecular weight is 337 g/mol. The summed E-state index contributed by atoms with van der Waals surface area (Å²) in [4.78, 5) is 0. The minimum atomic E-state index is -0.614. The molecule has 1 aliphatic heterocycles. The van der Waals surface area contributed by atoms with E-state index in [4.69, 9.17) is 15.3 Å². The first-order valence-electron chi connectivity index (χ1n) is 5.91. The molecule has 0 amide bonds. The highest BCUT2D eigenvalue weighted by atomic mass is 79.9. The van der Waals surface area contributed by atoms with E-state index >= 15 is 0 Å². The van der Waals surface area contributed by atoms with Crippen LogP contribution in [0.15, 0.2) is 16.6 Å². The molecule has 7 heteroatoms. The number of nitrogens with one attached hydrogen (secondary N) is 1. The number of hydrogen-bond acceptors (Lipinski definition) is 4. The van der Waals surface area contributed by atoms with Crippen LogP contribution in [-0.2, 0) is 15.9 Å². The molecule has 2 rings (SSSR count). The predicted molar refractivity (Wildman–Crippen MR) is 69.4 cm³/mol. The molecule has 19 heavy (non-hydrogen) atoms. The van der Waals surface area contributed by atoms with Crippen LogP contribution < -0.4 is 11.3 Å². The second-order valence-corrected chi connectivity index (χ2v) is 5.14. The Labute approximate surface area is 118 Å². The number of nitrogens with two attached hydrogens (primary N) is 1. The van der Waals surface area contributed by atoms with Gasteiger partial charge in [0.25, 0.3) is 0 Å². The lowest BCUT2D eigenvalue weighted by molar-refractivity contribution is -0.101. The molecular formula is C12H15BrF2N2O2. The van der Waals surface area contributed by atoms with Crippen molar-refractivity contribution in [3.8, 4) is 0 Å². The highest BCUT2D eigenvalue weighted by Crippen LogP contribution is 2.23. The van der Waals surface area contributed by atoms with E-state index in [9.17, 15) is 8.78 Å². The van der Waals surface area contributed by atoms with Gasteiger partial charge in [0.1, 0.15) is 11.6 Å². The second kappa shape index (κ2) is 6.71. The number of benzene rings is 1. The van der Waals surface area contributed by atoms with Gasteiger partial charge in [0.05, 0.1) is 36.4 Å². The highest BCUT2D eigenvalue weighted by Gasteiger charge is 2.27. The summed E-state index contributed by atoms with van der Waals surface area (Å²) < 4.78 is 38.6. The fourth-order valence-corrected chi connectivity index (χ4v) is 2.38. The van der Waals surface area contributed by atoms with Crippen LogP contribution in [0.2, 0.25) is 0 Å². The van der Waals surface area contributed by atoms with Gasteiger partial charge in [0.2, 0.25) is 0 Å². The Balaban J connectivity index is 2.15. The molecule has 0 spiro atoms. The Kier molecular flexibility index (Phi) is 5.23. The first-order valence-corrected chi connectivity index (χ1v) is 6.70. The van der Waals surface area contributed by atoms with Crippen LogP contribution in [0.3, 0.4) is 0 Å². The molecule has 0 radical (unpaired) electrons. The van der Waals surface area contributed by atoms with Crippen molar-refractivity contribution < 1.29 is 18.3 Å². The van der Waals surface area contributed by atoms with E-state index in [0.717, 1.165) is 0 Å². The zero-order valence-electron chi connectivity index (χ0n) is 10.2. The standard InChI is InChI=1S/C12H15BrF2N2O2/c13-8-1-2-9(14)7(12(8)15)5-10(17-16)11-6-18-3-4-19-11/h1-2,10-11,17H,3-6,16H2. The van der Waals surface area contributed by atoms with Gasteiger partial charge in [-0.15, -0.1) is 0 Å². The van der Waals surface area contributed by atoms with Gasteiger partial charge < -0.3 is 9.47 Å². The first-order chi connectivity index (χ1) is 9.13. The molecule has 1 aromatic rings. The van der Waals surface area contributed by atoms with E-state index in [2.05, 4.69) is 21.4 Å². The van der Waals surface area contributed by atoms with Gasteiger partial charge in [-0.25, -0.2) is 8.78 Å². The van der Waals surface area contributed by atoms with Crippen LogP contribution in [0.5, 0.6) is 0 Å². The zero-order valence-corrected chi connectivity index (χ0v) is 11.8. The Morgan fingerprint density at radius 2 is 2.21 bits per heavy atom. The van der Waals surface area contributed by atoms with Crippen molar-refractivity contribution in [3.05, 3.63) is 33.8 Å². The largest absolute Gasteiger partial charge is 0.376 e. The summed E-state index contributed by atoms with van der Waals surface area (Å²) in [5.74, 6) is 4.23. The smallest absolute Gasteiger partial charge is 0.143 e. The summed E-state index contributed by atoms with van der Waals surface area (Å²) in [5.41, 5.74) is 2.52. The van der Waals surface area contributed by atoms with Gasteiger partial charge in [-0.2, -0.15) is 0 Å². The lowest BCUT2D eigenvalue weighted by Crippen LogP contribution is -2.50. The predicted octanol–water partition coefficient (Wildman–Crippen LogP) is 1.52. The van der Waals surface area contributed by atoms with Gasteiger partial charge in [-0.05, 0) is 34.5 Å². The summed E-state index contributed by atoms with van der Waals surface area (Å²) >= 11 is 3.04. The number of hydrazine groups is 1. The van der Waals surface area contributed by atoms with E-state index < -0.39 is 17.7 Å². The van der Waals surface area contributed by atoms with Gasteiger partial charge >= 0.3 is 0 Å². The lowest BCUT2D eigenvalue weighted by atomic mass is 10.0. The lowest BCUT2D eigenvalue weighted by Gasteiger charge is -2.30. The molecule has 0 bridgehead atoms. The summed E-state index contributed by atoms with van der Waals surface area (Å²) in [6.07, 6.45) is -0.238. The quantitative estimate of drug-likeness (QED) is 0.497. The minimum absolute atomic E-state index is 0.0218. The van der Waals surface area contributed by atoms with Crippen LogP contribution in [0.25, 0.3) is 0 Å². The van der Waals surface area contributed by atoms with Gasteiger partial charge in [0.15, 0.2) is 0 Å². The number of ether oxygens (including phenoxy) is 2. The number of hydrogen-bond donors (Lipinski definition) is 2. The van der Waals surface area contributed by atoms with Gasteiger partial charge in [-0.3, -0.25) is 11.3 Å². The topological polar surface area (TPSA) is 56.5 Å². The molecule has 0 aromatic heterocycles. The summed E-state index contributed by atoms with van der Waals surface area (Å²) in [5, 5.41) is 0. The van der Waals surface area contributed by atoms with Gasteiger partial charge in [0, 0.05) is 5.56 Å². The number of halogens is 3. The Bertz CT molecular complexity index is 442. The third-order valence-corrected chi connectivity index (χ3v) is 3.68. The first kappa shape index (κ1) is 14.8. The number of rotatable bonds is 4. The van der Waals surface area contributed by atoms with Crippen LogP contribution in [0.4, 0.5) is 8.78 Å². The maximum absolute atomic E-state index is 13.9. The van der Waals surface area contributed by atoms with Crippen molar-refractivity contribution in [3.63, 3.8) is 0 Å².